The molecule has 1 aromatic heterocycles. The molecule has 2 heterocycles. The Hall–Kier alpha value is -2.55. The minimum absolute atomic E-state index is 0.341. The van der Waals surface area contributed by atoms with Crippen LogP contribution in [0.1, 0.15) is 50.6 Å². The van der Waals surface area contributed by atoms with Crippen molar-refractivity contribution in [2.24, 2.45) is 0 Å². The zero-order valence-corrected chi connectivity index (χ0v) is 22.6. The van der Waals surface area contributed by atoms with E-state index in [9.17, 15) is 18.3 Å². The second kappa shape index (κ2) is 8.54. The number of nitrogens with zero attached hydrogens (tertiary/aromatic N) is 2. The highest BCUT2D eigenvalue weighted by Crippen LogP contribution is 2.49. The summed E-state index contributed by atoms with van der Waals surface area (Å²) in [6.45, 7) is 11.5. The molecule has 1 aliphatic rings. The zero-order chi connectivity index (χ0) is 26.0. The Labute approximate surface area is 211 Å². The minimum atomic E-state index is -3.64. The van der Waals surface area contributed by atoms with Crippen molar-refractivity contribution in [3.05, 3.63) is 52.2 Å². The van der Waals surface area contributed by atoms with Gasteiger partial charge in [-0.25, -0.2) is 13.2 Å². The lowest BCUT2D eigenvalue weighted by atomic mass is 9.87. The summed E-state index contributed by atoms with van der Waals surface area (Å²) in [6, 6.07) is 8.88. The molecule has 0 spiro atoms. The molecule has 35 heavy (non-hydrogen) atoms. The lowest BCUT2D eigenvalue weighted by Crippen LogP contribution is -2.44. The molecular formula is C26H31ClN2O5S. The van der Waals surface area contributed by atoms with Crippen LogP contribution in [0.5, 0.6) is 0 Å². The van der Waals surface area contributed by atoms with Crippen LogP contribution in [0.3, 0.4) is 0 Å². The summed E-state index contributed by atoms with van der Waals surface area (Å²) >= 11 is 6.16. The molecule has 4 rings (SSSR count). The minimum Gasteiger partial charge on any atom is -0.479 e. The number of hydrogen-bond acceptors (Lipinski definition) is 4. The van der Waals surface area contributed by atoms with Gasteiger partial charge in [-0.05, 0) is 76.4 Å². The smallest absolute Gasteiger partial charge is 0.337 e. The molecule has 0 unspecified atom stereocenters. The van der Waals surface area contributed by atoms with Crippen molar-refractivity contribution in [1.29, 1.82) is 0 Å². The predicted molar refractivity (Wildman–Crippen MR) is 140 cm³/mol. The maximum Gasteiger partial charge on any atom is 0.337 e. The molecule has 0 fully saturated rings. The number of halogens is 1. The fourth-order valence-electron chi connectivity index (χ4n) is 5.16. The molecule has 0 radical (unpaired) electrons. The summed E-state index contributed by atoms with van der Waals surface area (Å²) in [5, 5.41) is 11.7. The van der Waals surface area contributed by atoms with Gasteiger partial charge >= 0.3 is 5.97 Å². The third-order valence-electron chi connectivity index (χ3n) is 6.34. The number of benzene rings is 2. The van der Waals surface area contributed by atoms with E-state index in [1.807, 2.05) is 32.0 Å². The quantitative estimate of drug-likeness (QED) is 0.469. The van der Waals surface area contributed by atoms with Gasteiger partial charge in [0, 0.05) is 28.2 Å². The summed E-state index contributed by atoms with van der Waals surface area (Å²) in [5.41, 5.74) is 3.99. The predicted octanol–water partition coefficient (Wildman–Crippen LogP) is 5.69. The molecule has 0 amide bonds. The van der Waals surface area contributed by atoms with E-state index in [1.165, 1.54) is 10.6 Å². The number of aromatic nitrogens is 1. The Balaban J connectivity index is 2.23. The number of hydrogen-bond donors (Lipinski definition) is 1. The standard InChI is InChI=1S/C26H31ClN2O5S/c1-14-12-19-21(17-8-10-18(27)11-9-17)20(24(25(30)31)34-26(4,5)6)16(3)22-23(19)28(14)13-15(2)29(22)35(7,32)33/h8-12,15,24H,13H2,1-7H3,(H,30,31)/t15-,24-/m0/s1. The molecule has 2 aromatic carbocycles. The van der Waals surface area contributed by atoms with Crippen LogP contribution in [0.25, 0.3) is 22.0 Å². The molecule has 0 aliphatic carbocycles. The first kappa shape index (κ1) is 25.5. The van der Waals surface area contributed by atoms with E-state index < -0.39 is 27.7 Å². The highest BCUT2D eigenvalue weighted by Gasteiger charge is 2.39. The van der Waals surface area contributed by atoms with Gasteiger partial charge in [-0.1, -0.05) is 23.7 Å². The van der Waals surface area contributed by atoms with Crippen LogP contribution in [0.15, 0.2) is 30.3 Å². The van der Waals surface area contributed by atoms with Crippen LogP contribution >= 0.6 is 11.6 Å². The Morgan fingerprint density at radius 3 is 2.31 bits per heavy atom. The van der Waals surface area contributed by atoms with Crippen molar-refractivity contribution < 1.29 is 23.1 Å². The number of anilines is 1. The van der Waals surface area contributed by atoms with E-state index in [-0.39, 0.29) is 6.04 Å². The average molecular weight is 519 g/mol. The number of rotatable bonds is 5. The zero-order valence-electron chi connectivity index (χ0n) is 21.0. The average Bonchev–Trinajstić information content (AvgIpc) is 3.04. The van der Waals surface area contributed by atoms with Crippen molar-refractivity contribution in [2.75, 3.05) is 10.6 Å². The first-order valence-corrected chi connectivity index (χ1v) is 13.7. The Kier molecular flexibility index (Phi) is 6.23. The lowest BCUT2D eigenvalue weighted by molar-refractivity contribution is -0.160. The second-order valence-corrected chi connectivity index (χ2v) is 12.6. The fourth-order valence-corrected chi connectivity index (χ4v) is 6.56. The first-order chi connectivity index (χ1) is 16.1. The van der Waals surface area contributed by atoms with E-state index >= 15 is 0 Å². The molecule has 7 nitrogen and oxygen atoms in total. The molecule has 2 atom stereocenters. The van der Waals surface area contributed by atoms with Crippen LogP contribution < -0.4 is 4.31 Å². The maximum absolute atomic E-state index is 13.0. The van der Waals surface area contributed by atoms with Crippen LogP contribution in [0.4, 0.5) is 5.69 Å². The van der Waals surface area contributed by atoms with Crippen molar-refractivity contribution in [3.8, 4) is 11.1 Å². The van der Waals surface area contributed by atoms with Gasteiger partial charge in [0.1, 0.15) is 0 Å². The van der Waals surface area contributed by atoms with E-state index in [2.05, 4.69) is 4.57 Å². The number of sulfonamides is 1. The molecule has 188 valence electrons. The van der Waals surface area contributed by atoms with Crippen molar-refractivity contribution in [1.82, 2.24) is 4.57 Å². The number of aryl methyl sites for hydroxylation is 1. The number of carboxylic acids is 1. The van der Waals surface area contributed by atoms with Gasteiger partial charge in [0.15, 0.2) is 6.10 Å². The van der Waals surface area contributed by atoms with Gasteiger partial charge in [-0.3, -0.25) is 4.31 Å². The molecule has 0 saturated carbocycles. The topological polar surface area (TPSA) is 88.8 Å². The summed E-state index contributed by atoms with van der Waals surface area (Å²) in [7, 11) is -3.64. The molecule has 0 saturated heterocycles. The van der Waals surface area contributed by atoms with Crippen LogP contribution in [-0.2, 0) is 26.1 Å². The van der Waals surface area contributed by atoms with Gasteiger partial charge in [-0.15, -0.1) is 0 Å². The number of carbonyl (C=O) groups is 1. The van der Waals surface area contributed by atoms with Crippen LogP contribution in [0.2, 0.25) is 5.02 Å². The van der Waals surface area contributed by atoms with Gasteiger partial charge in [0.2, 0.25) is 10.0 Å². The Morgan fingerprint density at radius 1 is 1.20 bits per heavy atom. The molecule has 1 aliphatic heterocycles. The van der Waals surface area contributed by atoms with Gasteiger partial charge in [-0.2, -0.15) is 0 Å². The molecule has 3 aromatic rings. The van der Waals surface area contributed by atoms with Crippen molar-refractivity contribution >= 4 is 44.2 Å². The van der Waals surface area contributed by atoms with Gasteiger partial charge < -0.3 is 14.4 Å². The highest BCUT2D eigenvalue weighted by atomic mass is 35.5. The maximum atomic E-state index is 13.0. The van der Waals surface area contributed by atoms with E-state index in [1.54, 1.807) is 39.8 Å². The summed E-state index contributed by atoms with van der Waals surface area (Å²) in [4.78, 5) is 12.6. The molecular weight excluding hydrogens is 488 g/mol. The monoisotopic (exact) mass is 518 g/mol. The van der Waals surface area contributed by atoms with Crippen molar-refractivity contribution in [3.63, 3.8) is 0 Å². The number of carboxylic acid groups (broad SMARTS) is 1. The van der Waals surface area contributed by atoms with Gasteiger partial charge in [0.25, 0.3) is 0 Å². The van der Waals surface area contributed by atoms with E-state index in [0.717, 1.165) is 22.2 Å². The molecule has 9 heteroatoms. The Bertz CT molecular complexity index is 1440. The normalized spacial score (nSPS) is 17.1. The Morgan fingerprint density at radius 2 is 1.80 bits per heavy atom. The third kappa shape index (κ3) is 4.43. The van der Waals surface area contributed by atoms with Crippen LogP contribution in [0, 0.1) is 13.8 Å². The highest BCUT2D eigenvalue weighted by molar-refractivity contribution is 7.92. The molecule has 0 bridgehead atoms. The lowest BCUT2D eigenvalue weighted by Gasteiger charge is -2.38. The number of ether oxygens (including phenoxy) is 1. The van der Waals surface area contributed by atoms with Crippen molar-refractivity contribution in [2.45, 2.75) is 65.8 Å². The summed E-state index contributed by atoms with van der Waals surface area (Å²) < 4.78 is 35.6. The summed E-state index contributed by atoms with van der Waals surface area (Å²) in [6.07, 6.45) is -0.128. The summed E-state index contributed by atoms with van der Waals surface area (Å²) in [5.74, 6) is -1.14. The number of aliphatic carboxylic acids is 1. The SMILES string of the molecule is Cc1c([C@H](OC(C)(C)C)C(=O)O)c(-c2ccc(Cl)cc2)c2cc(C)n3c2c1N(S(C)(=O)=O)[C@@H](C)C3. The largest absolute Gasteiger partial charge is 0.479 e. The van der Waals surface area contributed by atoms with E-state index in [4.69, 9.17) is 16.3 Å². The third-order valence-corrected chi connectivity index (χ3v) is 7.85. The van der Waals surface area contributed by atoms with E-state index in [0.29, 0.717) is 33.9 Å². The molecule has 1 N–H and O–H groups in total. The van der Waals surface area contributed by atoms with Crippen LogP contribution in [-0.4, -0.2) is 42.0 Å². The second-order valence-electron chi connectivity index (χ2n) is 10.3. The first-order valence-electron chi connectivity index (χ1n) is 11.4. The fraction of sp³-hybridized carbons (Fsp3) is 0.423. The van der Waals surface area contributed by atoms with Gasteiger partial charge in [0.05, 0.1) is 29.1 Å².